The molecule has 2 aliphatic heterocycles. The molecule has 2 aromatic heterocycles. The van der Waals surface area contributed by atoms with E-state index in [9.17, 15) is 14.0 Å². The van der Waals surface area contributed by atoms with Gasteiger partial charge in [0.25, 0.3) is 5.56 Å². The van der Waals surface area contributed by atoms with Crippen LogP contribution in [0.2, 0.25) is 0 Å². The molecule has 178 valence electrons. The molecule has 2 aliphatic rings. The van der Waals surface area contributed by atoms with E-state index in [0.717, 1.165) is 29.7 Å². The second kappa shape index (κ2) is 8.81. The largest absolute Gasteiger partial charge is 0.486 e. The summed E-state index contributed by atoms with van der Waals surface area (Å²) in [4.78, 5) is 33.6. The smallest absolute Gasteiger partial charge is 0.263 e. The lowest BCUT2D eigenvalue weighted by Crippen LogP contribution is -2.36. The maximum atomic E-state index is 13.4. The van der Waals surface area contributed by atoms with Crippen LogP contribution in [0, 0.1) is 5.82 Å². The zero-order valence-electron chi connectivity index (χ0n) is 18.8. The van der Waals surface area contributed by atoms with Crippen molar-refractivity contribution >= 4 is 27.5 Å². The molecule has 0 saturated carbocycles. The van der Waals surface area contributed by atoms with Crippen molar-refractivity contribution in [2.24, 2.45) is 0 Å². The van der Waals surface area contributed by atoms with Gasteiger partial charge in [-0.25, -0.2) is 9.37 Å². The summed E-state index contributed by atoms with van der Waals surface area (Å²) in [6.07, 6.45) is 3.16. The predicted octanol–water partition coefficient (Wildman–Crippen LogP) is 4.40. The lowest BCUT2D eigenvalue weighted by atomic mass is 10.0. The second-order valence-electron chi connectivity index (χ2n) is 8.66. The molecule has 0 aliphatic carbocycles. The van der Waals surface area contributed by atoms with Crippen molar-refractivity contribution in [3.8, 4) is 22.6 Å². The molecule has 9 heteroatoms. The minimum absolute atomic E-state index is 0.0818. The van der Waals surface area contributed by atoms with Crippen LogP contribution >= 0.6 is 11.3 Å². The molecule has 0 unspecified atom stereocenters. The van der Waals surface area contributed by atoms with Gasteiger partial charge in [0, 0.05) is 17.5 Å². The molecule has 1 atom stereocenters. The Labute approximate surface area is 204 Å². The van der Waals surface area contributed by atoms with Gasteiger partial charge in [-0.3, -0.25) is 14.2 Å². The first-order valence-electron chi connectivity index (χ1n) is 11.5. The van der Waals surface area contributed by atoms with E-state index in [-0.39, 0.29) is 29.9 Å². The van der Waals surface area contributed by atoms with E-state index < -0.39 is 0 Å². The quantitative estimate of drug-likeness (QED) is 0.423. The highest BCUT2D eigenvalue weighted by Crippen LogP contribution is 2.38. The van der Waals surface area contributed by atoms with Crippen LogP contribution in [0.5, 0.6) is 11.5 Å². The molecule has 1 fully saturated rings. The van der Waals surface area contributed by atoms with Crippen LogP contribution in [-0.2, 0) is 11.3 Å². The summed E-state index contributed by atoms with van der Waals surface area (Å²) in [5, 5.41) is 2.29. The Morgan fingerprint density at radius 3 is 2.74 bits per heavy atom. The van der Waals surface area contributed by atoms with E-state index in [2.05, 4.69) is 4.98 Å². The number of likely N-dealkylation sites (tertiary alicyclic amines) is 1. The number of fused-ring (bicyclic) bond motifs is 2. The van der Waals surface area contributed by atoms with Gasteiger partial charge in [-0.2, -0.15) is 0 Å². The number of aromatic nitrogens is 2. The third-order valence-corrected chi connectivity index (χ3v) is 7.43. The van der Waals surface area contributed by atoms with Crippen molar-refractivity contribution in [1.82, 2.24) is 14.5 Å². The first-order valence-corrected chi connectivity index (χ1v) is 12.4. The number of thiophene rings is 1. The van der Waals surface area contributed by atoms with Crippen LogP contribution in [0.1, 0.15) is 24.4 Å². The molecule has 4 aromatic rings. The van der Waals surface area contributed by atoms with Gasteiger partial charge < -0.3 is 14.4 Å². The van der Waals surface area contributed by atoms with Gasteiger partial charge in [-0.05, 0) is 48.2 Å². The molecule has 0 spiro atoms. The Hall–Kier alpha value is -3.72. The molecule has 4 heterocycles. The number of ether oxygens (including phenoxy) is 2. The normalized spacial score (nSPS) is 17.2. The van der Waals surface area contributed by atoms with Crippen LogP contribution in [0.25, 0.3) is 21.3 Å². The number of benzene rings is 2. The monoisotopic (exact) mass is 491 g/mol. The van der Waals surface area contributed by atoms with Gasteiger partial charge >= 0.3 is 0 Å². The molecule has 35 heavy (non-hydrogen) atoms. The number of rotatable bonds is 4. The third-order valence-electron chi connectivity index (χ3n) is 6.55. The van der Waals surface area contributed by atoms with Gasteiger partial charge in [0.05, 0.1) is 17.8 Å². The molecule has 0 bridgehead atoms. The van der Waals surface area contributed by atoms with Crippen molar-refractivity contribution < 1.29 is 18.7 Å². The fraction of sp³-hybridized carbons (Fsp3) is 0.269. The number of carbonyl (C=O) groups excluding carboxylic acids is 1. The summed E-state index contributed by atoms with van der Waals surface area (Å²) in [5.74, 6) is 0.941. The molecular weight excluding hydrogens is 469 g/mol. The molecule has 1 amide bonds. The fourth-order valence-corrected chi connectivity index (χ4v) is 5.74. The van der Waals surface area contributed by atoms with Crippen molar-refractivity contribution in [3.63, 3.8) is 0 Å². The minimum atomic E-state index is -0.340. The Kier molecular flexibility index (Phi) is 5.49. The minimum Gasteiger partial charge on any atom is -0.486 e. The van der Waals surface area contributed by atoms with Crippen molar-refractivity contribution in [2.75, 3.05) is 19.8 Å². The van der Waals surface area contributed by atoms with Gasteiger partial charge in [0.2, 0.25) is 5.91 Å². The SMILES string of the molecule is O=C(Cn1cnc2scc(-c3ccc(F)cc3)c2c1=O)N1CCC[C@H]1c1ccc2c(c1)OCCO2. The number of carbonyl (C=O) groups is 1. The maximum Gasteiger partial charge on any atom is 0.263 e. The second-order valence-corrected chi connectivity index (χ2v) is 9.52. The average Bonchev–Trinajstić information content (AvgIpc) is 3.54. The lowest BCUT2D eigenvalue weighted by Gasteiger charge is -2.27. The van der Waals surface area contributed by atoms with E-state index in [0.29, 0.717) is 41.3 Å². The van der Waals surface area contributed by atoms with Crippen molar-refractivity contribution in [2.45, 2.75) is 25.4 Å². The molecular formula is C26H22FN3O4S. The Bertz CT molecular complexity index is 1480. The third kappa shape index (κ3) is 3.95. The number of amides is 1. The number of nitrogens with zero attached hydrogens (tertiary/aromatic N) is 3. The van der Waals surface area contributed by atoms with Crippen molar-refractivity contribution in [3.05, 3.63) is 75.9 Å². The average molecular weight is 492 g/mol. The summed E-state index contributed by atoms with van der Waals surface area (Å²) >= 11 is 1.35. The lowest BCUT2D eigenvalue weighted by molar-refractivity contribution is -0.132. The van der Waals surface area contributed by atoms with Crippen LogP contribution in [0.15, 0.2) is 59.0 Å². The topological polar surface area (TPSA) is 73.7 Å². The Morgan fingerprint density at radius 1 is 1.11 bits per heavy atom. The summed E-state index contributed by atoms with van der Waals surface area (Å²) < 4.78 is 26.1. The standard InChI is InChI=1S/C26H22FN3O4S/c27-18-6-3-16(4-7-18)19-14-35-25-24(19)26(32)29(15-28-25)13-23(31)30-9-1-2-20(30)17-5-8-21-22(12-17)34-11-10-33-21/h3-8,12,14-15,20H,1-2,9-11,13H2/t20-/m0/s1. The van der Waals surface area contributed by atoms with E-state index in [1.165, 1.54) is 34.4 Å². The Morgan fingerprint density at radius 2 is 1.91 bits per heavy atom. The van der Waals surface area contributed by atoms with E-state index in [1.807, 2.05) is 28.5 Å². The Balaban J connectivity index is 1.28. The molecule has 0 N–H and O–H groups in total. The summed E-state index contributed by atoms with van der Waals surface area (Å²) in [6, 6.07) is 11.7. The van der Waals surface area contributed by atoms with E-state index in [4.69, 9.17) is 9.47 Å². The van der Waals surface area contributed by atoms with Gasteiger partial charge in [-0.1, -0.05) is 18.2 Å². The molecule has 7 nitrogen and oxygen atoms in total. The zero-order chi connectivity index (χ0) is 23.9. The van der Waals surface area contributed by atoms with Gasteiger partial charge in [0.1, 0.15) is 30.4 Å². The number of halogens is 1. The maximum absolute atomic E-state index is 13.4. The van der Waals surface area contributed by atoms with Crippen LogP contribution < -0.4 is 15.0 Å². The fourth-order valence-electron chi connectivity index (χ4n) is 4.84. The highest BCUT2D eigenvalue weighted by molar-refractivity contribution is 7.17. The van der Waals surface area contributed by atoms with Crippen LogP contribution in [0.3, 0.4) is 0 Å². The van der Waals surface area contributed by atoms with Gasteiger partial charge in [-0.15, -0.1) is 11.3 Å². The number of hydrogen-bond acceptors (Lipinski definition) is 6. The summed E-state index contributed by atoms with van der Waals surface area (Å²) in [6.45, 7) is 1.56. The summed E-state index contributed by atoms with van der Waals surface area (Å²) in [5.41, 5.74) is 2.15. The van der Waals surface area contributed by atoms with E-state index in [1.54, 1.807) is 12.1 Å². The predicted molar refractivity (Wildman–Crippen MR) is 130 cm³/mol. The molecule has 1 saturated heterocycles. The first-order chi connectivity index (χ1) is 17.1. The summed E-state index contributed by atoms with van der Waals surface area (Å²) in [7, 11) is 0. The zero-order valence-corrected chi connectivity index (χ0v) is 19.6. The molecule has 6 rings (SSSR count). The van der Waals surface area contributed by atoms with Crippen LogP contribution in [0.4, 0.5) is 4.39 Å². The van der Waals surface area contributed by atoms with Gasteiger partial charge in [0.15, 0.2) is 11.5 Å². The van der Waals surface area contributed by atoms with Crippen molar-refractivity contribution in [1.29, 1.82) is 0 Å². The first kappa shape index (κ1) is 21.8. The molecule has 0 radical (unpaired) electrons. The van der Waals surface area contributed by atoms with Crippen LogP contribution in [-0.4, -0.2) is 40.1 Å². The highest BCUT2D eigenvalue weighted by Gasteiger charge is 2.31. The van der Waals surface area contributed by atoms with E-state index >= 15 is 0 Å². The number of hydrogen-bond donors (Lipinski definition) is 0. The highest BCUT2D eigenvalue weighted by atomic mass is 32.1. The molecule has 2 aromatic carbocycles.